The molecule has 0 amide bonds. The molecule has 0 spiro atoms. The molecule has 8 heteroatoms. The quantitative estimate of drug-likeness (QED) is 0.404. The van der Waals surface area contributed by atoms with Gasteiger partial charge in [0.15, 0.2) is 5.03 Å². The summed E-state index contributed by atoms with van der Waals surface area (Å²) in [5, 5.41) is 7.87. The molecule has 0 aliphatic heterocycles. The molecule has 0 fully saturated rings. The SMILES string of the molecule is N#Cc1ccc(S(=O)(=O)O)nc1.[Ir].[c-]1ccccc1-c1ccccn1. The van der Waals surface area contributed by atoms with Gasteiger partial charge in [0.05, 0.1) is 5.56 Å². The molecule has 129 valence electrons. The van der Waals surface area contributed by atoms with Crippen molar-refractivity contribution in [1.29, 1.82) is 5.26 Å². The van der Waals surface area contributed by atoms with Crippen LogP contribution in [0.25, 0.3) is 11.3 Å². The van der Waals surface area contributed by atoms with E-state index >= 15 is 0 Å². The van der Waals surface area contributed by atoms with Crippen molar-refractivity contribution in [2.24, 2.45) is 0 Å². The fourth-order valence-corrected chi connectivity index (χ4v) is 2.10. The molecule has 3 aromatic rings. The van der Waals surface area contributed by atoms with Crippen molar-refractivity contribution >= 4 is 10.1 Å². The summed E-state index contributed by atoms with van der Waals surface area (Å²) in [7, 11) is -4.25. The number of hydrogen-bond donors (Lipinski definition) is 1. The second-order valence-electron chi connectivity index (χ2n) is 4.46. The molecule has 25 heavy (non-hydrogen) atoms. The van der Waals surface area contributed by atoms with Gasteiger partial charge in [-0.25, -0.2) is 4.98 Å². The molecule has 0 bridgehead atoms. The summed E-state index contributed by atoms with van der Waals surface area (Å²) in [5.41, 5.74) is 2.25. The van der Waals surface area contributed by atoms with Crippen LogP contribution in [0.2, 0.25) is 0 Å². The van der Waals surface area contributed by atoms with E-state index in [1.807, 2.05) is 42.5 Å². The van der Waals surface area contributed by atoms with Crippen LogP contribution in [0.3, 0.4) is 0 Å². The Labute approximate surface area is 159 Å². The van der Waals surface area contributed by atoms with E-state index in [1.54, 1.807) is 12.3 Å². The Balaban J connectivity index is 0.000000240. The van der Waals surface area contributed by atoms with Gasteiger partial charge in [0.25, 0.3) is 0 Å². The summed E-state index contributed by atoms with van der Waals surface area (Å²) in [4.78, 5) is 7.58. The van der Waals surface area contributed by atoms with Crippen LogP contribution in [-0.2, 0) is 30.2 Å². The average Bonchev–Trinajstić information content (AvgIpc) is 2.63. The molecule has 0 aliphatic rings. The van der Waals surface area contributed by atoms with Crippen molar-refractivity contribution < 1.29 is 33.1 Å². The smallest absolute Gasteiger partial charge is 0.305 e. The van der Waals surface area contributed by atoms with Crippen molar-refractivity contribution in [1.82, 2.24) is 9.97 Å². The molecule has 2 heterocycles. The Morgan fingerprint density at radius 2 is 1.80 bits per heavy atom. The zero-order valence-electron chi connectivity index (χ0n) is 12.7. The summed E-state index contributed by atoms with van der Waals surface area (Å²) in [5.74, 6) is 0. The summed E-state index contributed by atoms with van der Waals surface area (Å²) in [6.45, 7) is 0. The number of aromatic nitrogens is 2. The Morgan fingerprint density at radius 1 is 1.04 bits per heavy atom. The fraction of sp³-hybridized carbons (Fsp3) is 0. The molecule has 1 aromatic carbocycles. The van der Waals surface area contributed by atoms with Gasteiger partial charge in [-0.15, -0.1) is 35.9 Å². The van der Waals surface area contributed by atoms with Gasteiger partial charge in [0.2, 0.25) is 0 Å². The fourth-order valence-electron chi connectivity index (χ4n) is 1.67. The molecule has 1 radical (unpaired) electrons. The summed E-state index contributed by atoms with van der Waals surface area (Å²) < 4.78 is 29.4. The van der Waals surface area contributed by atoms with Gasteiger partial charge in [-0.1, -0.05) is 12.1 Å². The maximum atomic E-state index is 10.4. The maximum absolute atomic E-state index is 10.4. The Kier molecular flexibility index (Phi) is 8.05. The third-order valence-electron chi connectivity index (χ3n) is 2.78. The molecule has 0 atom stereocenters. The van der Waals surface area contributed by atoms with Crippen molar-refractivity contribution in [2.45, 2.75) is 5.03 Å². The number of rotatable bonds is 2. The van der Waals surface area contributed by atoms with Crippen LogP contribution >= 0.6 is 0 Å². The van der Waals surface area contributed by atoms with Crippen LogP contribution in [0, 0.1) is 17.4 Å². The van der Waals surface area contributed by atoms with Crippen molar-refractivity contribution in [3.63, 3.8) is 0 Å². The van der Waals surface area contributed by atoms with Crippen molar-refractivity contribution in [3.8, 4) is 17.3 Å². The number of benzene rings is 1. The zero-order valence-corrected chi connectivity index (χ0v) is 15.9. The Morgan fingerprint density at radius 3 is 2.28 bits per heavy atom. The number of pyridine rings is 2. The first-order valence-electron chi connectivity index (χ1n) is 6.72. The van der Waals surface area contributed by atoms with E-state index in [4.69, 9.17) is 9.81 Å². The second-order valence-corrected chi connectivity index (χ2v) is 5.83. The van der Waals surface area contributed by atoms with Gasteiger partial charge in [0, 0.05) is 32.5 Å². The first kappa shape index (κ1) is 20.6. The van der Waals surface area contributed by atoms with E-state index in [1.165, 1.54) is 6.07 Å². The third-order valence-corrected chi connectivity index (χ3v) is 3.55. The van der Waals surface area contributed by atoms with Gasteiger partial charge in [0.1, 0.15) is 6.07 Å². The minimum atomic E-state index is -4.25. The summed E-state index contributed by atoms with van der Waals surface area (Å²) >= 11 is 0. The molecule has 6 nitrogen and oxygen atoms in total. The predicted molar refractivity (Wildman–Crippen MR) is 87.3 cm³/mol. The van der Waals surface area contributed by atoms with Gasteiger partial charge >= 0.3 is 10.1 Å². The Hall–Kier alpha value is -2.43. The van der Waals surface area contributed by atoms with Gasteiger partial charge in [-0.2, -0.15) is 13.7 Å². The van der Waals surface area contributed by atoms with E-state index in [2.05, 4.69) is 16.0 Å². The monoisotopic (exact) mass is 531 g/mol. The first-order valence-corrected chi connectivity index (χ1v) is 8.16. The number of nitriles is 1. The topological polar surface area (TPSA) is 104 Å². The molecular weight excluding hydrogens is 518 g/mol. The molecule has 3 rings (SSSR count). The van der Waals surface area contributed by atoms with Crippen LogP contribution < -0.4 is 0 Å². The molecule has 0 aliphatic carbocycles. The van der Waals surface area contributed by atoms with Crippen LogP contribution in [-0.4, -0.2) is 22.9 Å². The van der Waals surface area contributed by atoms with E-state index in [9.17, 15) is 8.42 Å². The van der Waals surface area contributed by atoms with Crippen molar-refractivity contribution in [2.75, 3.05) is 0 Å². The maximum Gasteiger partial charge on any atom is 0.312 e. The van der Waals surface area contributed by atoms with Crippen LogP contribution in [0.5, 0.6) is 0 Å². The molecule has 0 unspecified atom stereocenters. The standard InChI is InChI=1S/C11H8N.C6H4N2O3S.Ir/c1-2-6-10(7-3-1)11-8-4-5-9-12-11;7-3-5-1-2-6(8-4-5)12(9,10)11;/h1-6,8-9H;1-2,4H,(H,9,10,11);/q-1;;. The van der Waals surface area contributed by atoms with E-state index in [0.717, 1.165) is 23.5 Å². The molecule has 2 aromatic heterocycles. The van der Waals surface area contributed by atoms with Crippen LogP contribution in [0.15, 0.2) is 72.0 Å². The summed E-state index contributed by atoms with van der Waals surface area (Å²) in [6.07, 6.45) is 2.86. The molecule has 0 saturated heterocycles. The molecule has 1 N–H and O–H groups in total. The minimum absolute atomic E-state index is 0. The van der Waals surface area contributed by atoms with Crippen molar-refractivity contribution in [3.05, 3.63) is 78.6 Å². The number of nitrogens with zero attached hydrogens (tertiary/aromatic N) is 3. The zero-order chi connectivity index (χ0) is 17.4. The van der Waals surface area contributed by atoms with E-state index < -0.39 is 15.1 Å². The van der Waals surface area contributed by atoms with Crippen LogP contribution in [0.4, 0.5) is 0 Å². The van der Waals surface area contributed by atoms with Gasteiger partial charge < -0.3 is 4.98 Å². The Bertz CT molecular complexity index is 889. The normalized spacial score (nSPS) is 9.76. The molecular formula is C17H12IrN3O3S-. The predicted octanol–water partition coefficient (Wildman–Crippen LogP) is 2.75. The average molecular weight is 531 g/mol. The van der Waals surface area contributed by atoms with E-state index in [0.29, 0.717) is 0 Å². The third kappa shape index (κ3) is 6.53. The summed E-state index contributed by atoms with van der Waals surface area (Å²) in [6, 6.07) is 20.9. The second kappa shape index (κ2) is 9.77. The number of hydrogen-bond acceptors (Lipinski definition) is 5. The van der Waals surface area contributed by atoms with Gasteiger partial charge in [-0.3, -0.25) is 4.55 Å². The largest absolute Gasteiger partial charge is 0.312 e. The minimum Gasteiger partial charge on any atom is -0.305 e. The molecule has 0 saturated carbocycles. The first-order chi connectivity index (χ1) is 11.5. The van der Waals surface area contributed by atoms with E-state index in [-0.39, 0.29) is 25.7 Å². The van der Waals surface area contributed by atoms with Crippen LogP contribution in [0.1, 0.15) is 5.56 Å². The van der Waals surface area contributed by atoms with Gasteiger partial charge in [-0.05, 0) is 23.9 Å².